The fraction of sp³-hybridized carbons (Fsp3) is 0.643. The van der Waals surface area contributed by atoms with Gasteiger partial charge in [-0.2, -0.15) is 0 Å². The number of hydrogen-bond donors (Lipinski definition) is 1. The molecule has 106 valence electrons. The molecule has 1 aliphatic heterocycles. The standard InChI is InChI=1S/C14H23N3O2/c1-11(9-15)10-16-4-6-17(7-5-16)14(18)13-3-8-19-12(13)2/h3,8,11H,4-7,9-10,15H2,1-2H3. The summed E-state index contributed by atoms with van der Waals surface area (Å²) in [4.78, 5) is 16.6. The number of hydrogen-bond acceptors (Lipinski definition) is 4. The Morgan fingerprint density at radius 2 is 2.11 bits per heavy atom. The summed E-state index contributed by atoms with van der Waals surface area (Å²) in [7, 11) is 0. The van der Waals surface area contributed by atoms with E-state index in [0.29, 0.717) is 23.8 Å². The first-order valence-corrected chi connectivity index (χ1v) is 6.87. The van der Waals surface area contributed by atoms with E-state index < -0.39 is 0 Å². The third-order valence-corrected chi connectivity index (χ3v) is 3.72. The maximum Gasteiger partial charge on any atom is 0.257 e. The molecule has 2 heterocycles. The number of nitrogens with two attached hydrogens (primary N) is 1. The van der Waals surface area contributed by atoms with Crippen LogP contribution in [0.1, 0.15) is 23.0 Å². The van der Waals surface area contributed by atoms with E-state index in [4.69, 9.17) is 10.2 Å². The first kappa shape index (κ1) is 14.1. The fourth-order valence-electron chi connectivity index (χ4n) is 2.43. The molecule has 0 spiro atoms. The van der Waals surface area contributed by atoms with Crippen LogP contribution in [0.3, 0.4) is 0 Å². The van der Waals surface area contributed by atoms with Gasteiger partial charge in [-0.05, 0) is 25.5 Å². The molecule has 0 aliphatic carbocycles. The van der Waals surface area contributed by atoms with E-state index in [9.17, 15) is 4.79 Å². The summed E-state index contributed by atoms with van der Waals surface area (Å²) >= 11 is 0. The summed E-state index contributed by atoms with van der Waals surface area (Å²) in [6.45, 7) is 9.12. The van der Waals surface area contributed by atoms with Crippen LogP contribution in [0.15, 0.2) is 16.7 Å². The van der Waals surface area contributed by atoms with Crippen LogP contribution in [0.4, 0.5) is 0 Å². The van der Waals surface area contributed by atoms with Crippen molar-refractivity contribution in [2.75, 3.05) is 39.3 Å². The Labute approximate surface area is 114 Å². The molecule has 1 aromatic rings. The summed E-state index contributed by atoms with van der Waals surface area (Å²) in [6.07, 6.45) is 1.57. The molecule has 0 radical (unpaired) electrons. The largest absolute Gasteiger partial charge is 0.469 e. The molecule has 2 rings (SSSR count). The molecule has 1 fully saturated rings. The number of nitrogens with zero attached hydrogens (tertiary/aromatic N) is 2. The normalized spacial score (nSPS) is 18.6. The van der Waals surface area contributed by atoms with Gasteiger partial charge in [-0.15, -0.1) is 0 Å². The number of rotatable bonds is 4. The maximum absolute atomic E-state index is 12.3. The molecule has 2 N–H and O–H groups in total. The summed E-state index contributed by atoms with van der Waals surface area (Å²) in [5.74, 6) is 1.29. The summed E-state index contributed by atoms with van der Waals surface area (Å²) in [5, 5.41) is 0. The van der Waals surface area contributed by atoms with Crippen molar-refractivity contribution in [3.63, 3.8) is 0 Å². The van der Waals surface area contributed by atoms with Crippen LogP contribution >= 0.6 is 0 Å². The lowest BCUT2D eigenvalue weighted by atomic mass is 10.1. The van der Waals surface area contributed by atoms with Gasteiger partial charge in [0.1, 0.15) is 5.76 Å². The lowest BCUT2D eigenvalue weighted by Gasteiger charge is -2.35. The van der Waals surface area contributed by atoms with Gasteiger partial charge in [-0.1, -0.05) is 6.92 Å². The van der Waals surface area contributed by atoms with E-state index in [2.05, 4.69) is 11.8 Å². The molecule has 1 aliphatic rings. The lowest BCUT2D eigenvalue weighted by Crippen LogP contribution is -2.50. The molecule has 0 bridgehead atoms. The molecular formula is C14H23N3O2. The second kappa shape index (κ2) is 6.21. The first-order valence-electron chi connectivity index (χ1n) is 6.87. The Morgan fingerprint density at radius 1 is 1.42 bits per heavy atom. The predicted octanol–water partition coefficient (Wildman–Crippen LogP) is 0.941. The van der Waals surface area contributed by atoms with Gasteiger partial charge >= 0.3 is 0 Å². The molecule has 1 unspecified atom stereocenters. The van der Waals surface area contributed by atoms with Crippen molar-refractivity contribution in [2.24, 2.45) is 11.7 Å². The van der Waals surface area contributed by atoms with E-state index >= 15 is 0 Å². The Kier molecular flexibility index (Phi) is 4.61. The van der Waals surface area contributed by atoms with Gasteiger partial charge in [0.25, 0.3) is 5.91 Å². The van der Waals surface area contributed by atoms with Gasteiger partial charge in [0, 0.05) is 32.7 Å². The summed E-state index contributed by atoms with van der Waals surface area (Å²) in [5.41, 5.74) is 6.33. The lowest BCUT2D eigenvalue weighted by molar-refractivity contribution is 0.0620. The third-order valence-electron chi connectivity index (χ3n) is 3.72. The number of aryl methyl sites for hydroxylation is 1. The predicted molar refractivity (Wildman–Crippen MR) is 74.0 cm³/mol. The van der Waals surface area contributed by atoms with Crippen molar-refractivity contribution in [3.05, 3.63) is 23.7 Å². The minimum absolute atomic E-state index is 0.0813. The Balaban J connectivity index is 1.86. The van der Waals surface area contributed by atoms with Crippen molar-refractivity contribution in [1.29, 1.82) is 0 Å². The van der Waals surface area contributed by atoms with Crippen LogP contribution < -0.4 is 5.73 Å². The van der Waals surface area contributed by atoms with E-state index in [1.807, 2.05) is 11.8 Å². The van der Waals surface area contributed by atoms with Crippen molar-refractivity contribution < 1.29 is 9.21 Å². The van der Waals surface area contributed by atoms with Crippen molar-refractivity contribution >= 4 is 5.91 Å². The smallest absolute Gasteiger partial charge is 0.257 e. The number of piperazine rings is 1. The number of furan rings is 1. The summed E-state index contributed by atoms with van der Waals surface area (Å²) < 4.78 is 5.19. The molecule has 1 amide bonds. The zero-order chi connectivity index (χ0) is 13.8. The van der Waals surface area contributed by atoms with Gasteiger partial charge in [0.05, 0.1) is 11.8 Å². The molecular weight excluding hydrogens is 242 g/mol. The average Bonchev–Trinajstić information content (AvgIpc) is 2.85. The Morgan fingerprint density at radius 3 is 2.63 bits per heavy atom. The van der Waals surface area contributed by atoms with E-state index in [0.717, 1.165) is 32.7 Å². The van der Waals surface area contributed by atoms with Crippen LogP contribution in [-0.4, -0.2) is 55.0 Å². The highest BCUT2D eigenvalue weighted by Crippen LogP contribution is 2.14. The molecule has 5 heteroatoms. The van der Waals surface area contributed by atoms with Gasteiger partial charge in [-0.25, -0.2) is 0 Å². The second-order valence-corrected chi connectivity index (χ2v) is 5.32. The van der Waals surface area contributed by atoms with Crippen LogP contribution in [0.25, 0.3) is 0 Å². The molecule has 0 saturated carbocycles. The van der Waals surface area contributed by atoms with Crippen LogP contribution in [0.2, 0.25) is 0 Å². The van der Waals surface area contributed by atoms with Gasteiger partial charge in [0.2, 0.25) is 0 Å². The molecule has 5 nitrogen and oxygen atoms in total. The zero-order valence-electron chi connectivity index (χ0n) is 11.8. The van der Waals surface area contributed by atoms with Crippen molar-refractivity contribution in [1.82, 2.24) is 9.80 Å². The molecule has 1 aromatic heterocycles. The van der Waals surface area contributed by atoms with Crippen LogP contribution in [0.5, 0.6) is 0 Å². The highest BCUT2D eigenvalue weighted by molar-refractivity contribution is 5.95. The fourth-order valence-corrected chi connectivity index (χ4v) is 2.43. The van der Waals surface area contributed by atoms with E-state index in [1.165, 1.54) is 0 Å². The number of amides is 1. The highest BCUT2D eigenvalue weighted by Gasteiger charge is 2.24. The Hall–Kier alpha value is -1.33. The molecule has 1 atom stereocenters. The topological polar surface area (TPSA) is 62.7 Å². The Bertz CT molecular complexity index is 422. The van der Waals surface area contributed by atoms with E-state index in [1.54, 1.807) is 12.3 Å². The van der Waals surface area contributed by atoms with Crippen LogP contribution in [0, 0.1) is 12.8 Å². The monoisotopic (exact) mass is 265 g/mol. The summed E-state index contributed by atoms with van der Waals surface area (Å²) in [6, 6.07) is 1.75. The van der Waals surface area contributed by atoms with E-state index in [-0.39, 0.29) is 5.91 Å². The van der Waals surface area contributed by atoms with Crippen LogP contribution in [-0.2, 0) is 0 Å². The molecule has 1 saturated heterocycles. The number of carbonyl (C=O) groups is 1. The average molecular weight is 265 g/mol. The molecule has 19 heavy (non-hydrogen) atoms. The highest BCUT2D eigenvalue weighted by atomic mass is 16.3. The van der Waals surface area contributed by atoms with Gasteiger partial charge in [0.15, 0.2) is 0 Å². The SMILES string of the molecule is Cc1occc1C(=O)N1CCN(CC(C)CN)CC1. The third kappa shape index (κ3) is 3.36. The first-order chi connectivity index (χ1) is 9.11. The maximum atomic E-state index is 12.3. The quantitative estimate of drug-likeness (QED) is 0.880. The molecule has 0 aromatic carbocycles. The number of carbonyl (C=O) groups excluding carboxylic acids is 1. The minimum Gasteiger partial charge on any atom is -0.469 e. The van der Waals surface area contributed by atoms with Gasteiger partial charge < -0.3 is 15.1 Å². The second-order valence-electron chi connectivity index (χ2n) is 5.32. The van der Waals surface area contributed by atoms with Crippen molar-refractivity contribution in [3.8, 4) is 0 Å². The zero-order valence-corrected chi connectivity index (χ0v) is 11.8. The van der Waals surface area contributed by atoms with Gasteiger partial charge in [-0.3, -0.25) is 9.69 Å². The van der Waals surface area contributed by atoms with Crippen molar-refractivity contribution in [2.45, 2.75) is 13.8 Å². The minimum atomic E-state index is 0.0813.